The third kappa shape index (κ3) is 3.83. The molecular weight excluding hydrogens is 354 g/mol. The number of non-ortho nitro benzene ring substituents is 1. The second-order valence-electron chi connectivity index (χ2n) is 6.26. The lowest BCUT2D eigenvalue weighted by Crippen LogP contribution is -2.20. The van der Waals surface area contributed by atoms with Gasteiger partial charge in [0.2, 0.25) is 0 Å². The number of anilines is 1. The maximum atomic E-state index is 12.2. The van der Waals surface area contributed by atoms with Gasteiger partial charge in [0.05, 0.1) is 10.5 Å². The predicted molar refractivity (Wildman–Crippen MR) is 97.4 cm³/mol. The molecule has 8 heteroatoms. The van der Waals surface area contributed by atoms with Gasteiger partial charge in [-0.05, 0) is 42.9 Å². The van der Waals surface area contributed by atoms with E-state index in [1.807, 2.05) is 0 Å². The normalized spacial score (nSPS) is 15.6. The third-order valence-electron chi connectivity index (χ3n) is 4.29. The van der Waals surface area contributed by atoms with Crippen LogP contribution >= 0.6 is 11.3 Å². The molecule has 134 valence electrons. The van der Waals surface area contributed by atoms with Gasteiger partial charge in [0.15, 0.2) is 6.61 Å². The highest BCUT2D eigenvalue weighted by Gasteiger charge is 2.24. The highest BCUT2D eigenvalue weighted by molar-refractivity contribution is 7.16. The van der Waals surface area contributed by atoms with Gasteiger partial charge in [-0.1, -0.05) is 6.92 Å². The van der Waals surface area contributed by atoms with Crippen molar-refractivity contribution in [2.75, 3.05) is 11.9 Å². The Hall–Kier alpha value is -2.92. The largest absolute Gasteiger partial charge is 0.484 e. The number of fused-ring (bicyclic) bond motifs is 1. The number of nitrogens with one attached hydrogen (secondary N) is 1. The molecule has 1 atom stereocenters. The van der Waals surface area contributed by atoms with Gasteiger partial charge in [-0.25, -0.2) is 0 Å². The number of carbonyl (C=O) groups excluding carboxylic acids is 1. The average Bonchev–Trinajstić information content (AvgIpc) is 2.96. The van der Waals surface area contributed by atoms with Crippen molar-refractivity contribution >= 4 is 27.9 Å². The fourth-order valence-corrected chi connectivity index (χ4v) is 4.31. The van der Waals surface area contributed by atoms with Gasteiger partial charge in [-0.2, -0.15) is 5.26 Å². The van der Waals surface area contributed by atoms with Gasteiger partial charge in [0, 0.05) is 17.0 Å². The van der Waals surface area contributed by atoms with Crippen LogP contribution in [0.3, 0.4) is 0 Å². The van der Waals surface area contributed by atoms with Gasteiger partial charge >= 0.3 is 0 Å². The molecule has 1 N–H and O–H groups in total. The highest BCUT2D eigenvalue weighted by atomic mass is 32.1. The highest BCUT2D eigenvalue weighted by Crippen LogP contribution is 2.39. The molecular formula is C18H17N3O4S. The number of carbonyl (C=O) groups is 1. The van der Waals surface area contributed by atoms with E-state index in [-0.39, 0.29) is 18.2 Å². The molecule has 1 heterocycles. The molecule has 0 fully saturated rings. The molecule has 1 aliphatic rings. The van der Waals surface area contributed by atoms with Crippen molar-refractivity contribution in [2.24, 2.45) is 5.92 Å². The Morgan fingerprint density at radius 2 is 2.19 bits per heavy atom. The summed E-state index contributed by atoms with van der Waals surface area (Å²) in [6.45, 7) is 1.95. The van der Waals surface area contributed by atoms with E-state index < -0.39 is 4.92 Å². The van der Waals surface area contributed by atoms with Crippen LogP contribution in [-0.4, -0.2) is 17.4 Å². The van der Waals surface area contributed by atoms with Crippen LogP contribution in [-0.2, 0) is 17.6 Å². The minimum atomic E-state index is -0.501. The predicted octanol–water partition coefficient (Wildman–Crippen LogP) is 3.67. The Labute approximate surface area is 154 Å². The monoisotopic (exact) mass is 371 g/mol. The van der Waals surface area contributed by atoms with Crippen LogP contribution in [0.5, 0.6) is 5.75 Å². The van der Waals surface area contributed by atoms with E-state index in [1.54, 1.807) is 0 Å². The summed E-state index contributed by atoms with van der Waals surface area (Å²) in [6, 6.07) is 7.72. The lowest BCUT2D eigenvalue weighted by Gasteiger charge is -2.17. The SMILES string of the molecule is CC1CCc2c(sc(NC(=O)COc3ccc([N+](=O)[O-])cc3)c2C#N)C1. The fraction of sp³-hybridized carbons (Fsp3) is 0.333. The van der Waals surface area contributed by atoms with Gasteiger partial charge in [-0.3, -0.25) is 14.9 Å². The summed E-state index contributed by atoms with van der Waals surface area (Å²) in [6.07, 6.45) is 2.85. The molecule has 1 unspecified atom stereocenters. The molecule has 0 spiro atoms. The number of hydrogen-bond acceptors (Lipinski definition) is 6. The summed E-state index contributed by atoms with van der Waals surface area (Å²) in [7, 11) is 0. The summed E-state index contributed by atoms with van der Waals surface area (Å²) in [5.41, 5.74) is 1.57. The van der Waals surface area contributed by atoms with Crippen molar-refractivity contribution in [1.82, 2.24) is 0 Å². The maximum absolute atomic E-state index is 12.2. The second-order valence-corrected chi connectivity index (χ2v) is 7.36. The van der Waals surface area contributed by atoms with Crippen molar-refractivity contribution < 1.29 is 14.5 Å². The lowest BCUT2D eigenvalue weighted by atomic mass is 9.89. The zero-order valence-electron chi connectivity index (χ0n) is 14.2. The molecule has 1 aliphatic carbocycles. The van der Waals surface area contributed by atoms with Crippen LogP contribution < -0.4 is 10.1 Å². The fourth-order valence-electron chi connectivity index (χ4n) is 2.93. The molecule has 0 radical (unpaired) electrons. The van der Waals surface area contributed by atoms with Gasteiger partial charge in [-0.15, -0.1) is 11.3 Å². The van der Waals surface area contributed by atoms with Crippen molar-refractivity contribution in [3.05, 3.63) is 50.4 Å². The van der Waals surface area contributed by atoms with Crippen molar-refractivity contribution in [3.8, 4) is 11.8 Å². The second kappa shape index (κ2) is 7.54. The quantitative estimate of drug-likeness (QED) is 0.638. The van der Waals surface area contributed by atoms with Crippen molar-refractivity contribution in [2.45, 2.75) is 26.2 Å². The Balaban J connectivity index is 1.63. The van der Waals surface area contributed by atoms with Crippen LogP contribution in [0, 0.1) is 27.4 Å². The number of hydrogen-bond donors (Lipinski definition) is 1. The van der Waals surface area contributed by atoms with E-state index in [0.717, 1.165) is 24.8 Å². The first-order valence-electron chi connectivity index (χ1n) is 8.19. The zero-order chi connectivity index (χ0) is 18.7. The van der Waals surface area contributed by atoms with Gasteiger partial charge in [0.1, 0.15) is 16.8 Å². The number of nitrogens with zero attached hydrogens (tertiary/aromatic N) is 2. The molecule has 7 nitrogen and oxygen atoms in total. The summed E-state index contributed by atoms with van der Waals surface area (Å²) in [5, 5.41) is 23.4. The Bertz CT molecular complexity index is 883. The van der Waals surface area contributed by atoms with Gasteiger partial charge in [0.25, 0.3) is 11.6 Å². The lowest BCUT2D eigenvalue weighted by molar-refractivity contribution is -0.384. The zero-order valence-corrected chi connectivity index (χ0v) is 15.0. The number of thiophene rings is 1. The van der Waals surface area contributed by atoms with E-state index in [4.69, 9.17) is 4.74 Å². The molecule has 1 amide bonds. The molecule has 26 heavy (non-hydrogen) atoms. The molecule has 1 aromatic heterocycles. The number of rotatable bonds is 5. The molecule has 2 aromatic rings. The van der Waals surface area contributed by atoms with E-state index in [2.05, 4.69) is 18.3 Å². The van der Waals surface area contributed by atoms with Crippen LogP contribution in [0.4, 0.5) is 10.7 Å². The number of nitro groups is 1. The number of benzene rings is 1. The Morgan fingerprint density at radius 1 is 1.46 bits per heavy atom. The molecule has 0 bridgehead atoms. The van der Waals surface area contributed by atoms with E-state index in [0.29, 0.717) is 22.2 Å². The summed E-state index contributed by atoms with van der Waals surface area (Å²) >= 11 is 1.46. The standard InChI is InChI=1S/C18H17N3O4S/c1-11-2-7-14-15(9-19)18(26-16(14)8-11)20-17(22)10-25-13-5-3-12(4-6-13)21(23)24/h3-6,11H,2,7-8,10H2,1H3,(H,20,22). The maximum Gasteiger partial charge on any atom is 0.269 e. The third-order valence-corrected chi connectivity index (χ3v) is 5.46. The number of nitriles is 1. The number of nitro benzene ring substituents is 1. The average molecular weight is 371 g/mol. The smallest absolute Gasteiger partial charge is 0.269 e. The molecule has 0 saturated carbocycles. The summed E-state index contributed by atoms with van der Waals surface area (Å²) < 4.78 is 5.35. The Kier molecular flexibility index (Phi) is 5.19. The molecule has 0 aliphatic heterocycles. The Morgan fingerprint density at radius 3 is 2.85 bits per heavy atom. The first kappa shape index (κ1) is 17.9. The minimum Gasteiger partial charge on any atom is -0.484 e. The summed E-state index contributed by atoms with van der Waals surface area (Å²) in [5.74, 6) is 0.582. The molecule has 3 rings (SSSR count). The van der Waals surface area contributed by atoms with Crippen molar-refractivity contribution in [3.63, 3.8) is 0 Å². The summed E-state index contributed by atoms with van der Waals surface area (Å²) in [4.78, 5) is 23.5. The topological polar surface area (TPSA) is 105 Å². The van der Waals surface area contributed by atoms with E-state index in [1.165, 1.54) is 40.5 Å². The first-order valence-corrected chi connectivity index (χ1v) is 9.01. The van der Waals surface area contributed by atoms with Gasteiger partial charge < -0.3 is 10.1 Å². The number of amides is 1. The van der Waals surface area contributed by atoms with Crippen LogP contribution in [0.1, 0.15) is 29.3 Å². The van der Waals surface area contributed by atoms with Crippen LogP contribution in [0.2, 0.25) is 0 Å². The first-order chi connectivity index (χ1) is 12.5. The van der Waals surface area contributed by atoms with Crippen LogP contribution in [0.15, 0.2) is 24.3 Å². The van der Waals surface area contributed by atoms with Crippen LogP contribution in [0.25, 0.3) is 0 Å². The minimum absolute atomic E-state index is 0.0427. The van der Waals surface area contributed by atoms with E-state index >= 15 is 0 Å². The van der Waals surface area contributed by atoms with E-state index in [9.17, 15) is 20.2 Å². The van der Waals surface area contributed by atoms with Crippen molar-refractivity contribution in [1.29, 1.82) is 5.26 Å². The molecule has 1 aromatic carbocycles. The number of ether oxygens (including phenoxy) is 1. The molecule has 0 saturated heterocycles.